The predicted octanol–water partition coefficient (Wildman–Crippen LogP) is 13.3. The molecule has 0 radical (unpaired) electrons. The molecule has 0 saturated heterocycles. The summed E-state index contributed by atoms with van der Waals surface area (Å²) < 4.78 is 0. The number of rotatable bonds is 6. The van der Waals surface area contributed by atoms with Gasteiger partial charge in [0.2, 0.25) is 0 Å². The van der Waals surface area contributed by atoms with E-state index in [-0.39, 0.29) is 6.17 Å². The van der Waals surface area contributed by atoms with Crippen LogP contribution in [0.5, 0.6) is 0 Å². The number of para-hydroxylation sites is 2. The normalized spacial score (nSPS) is 22.8. The van der Waals surface area contributed by atoms with Gasteiger partial charge in [-0.05, 0) is 200 Å². The van der Waals surface area contributed by atoms with E-state index in [9.17, 15) is 0 Å². The van der Waals surface area contributed by atoms with Gasteiger partial charge in [-0.3, -0.25) is 0 Å². The van der Waals surface area contributed by atoms with E-state index in [0.29, 0.717) is 12.0 Å². The minimum Gasteiger partial charge on any atom is -0.360 e. The van der Waals surface area contributed by atoms with Crippen molar-refractivity contribution in [3.63, 3.8) is 0 Å². The fourth-order valence-corrected chi connectivity index (χ4v) is 13.0. The van der Waals surface area contributed by atoms with E-state index < -0.39 is 0 Å². The lowest BCUT2D eigenvalue weighted by molar-refractivity contribution is 0.579. The third-order valence-electron chi connectivity index (χ3n) is 16.0. The van der Waals surface area contributed by atoms with Gasteiger partial charge in [-0.1, -0.05) is 157 Å². The number of hydrogen-bond donors (Lipinski definition) is 1. The highest BCUT2D eigenvalue weighted by Gasteiger charge is 2.36. The van der Waals surface area contributed by atoms with Crippen molar-refractivity contribution in [2.45, 2.75) is 96.2 Å². The molecule has 1 heterocycles. The Labute approximate surface area is 389 Å². The Hall–Kier alpha value is -6.64. The molecule has 3 atom stereocenters. The van der Waals surface area contributed by atoms with Crippen molar-refractivity contribution in [2.75, 3.05) is 10.2 Å². The van der Waals surface area contributed by atoms with Crippen LogP contribution < -0.4 is 31.1 Å². The molecule has 1 aliphatic heterocycles. The average Bonchev–Trinajstić information content (AvgIpc) is 3.77. The van der Waals surface area contributed by atoms with Crippen molar-refractivity contribution >= 4 is 79.5 Å². The lowest BCUT2D eigenvalue weighted by Crippen LogP contribution is -2.44. The highest BCUT2D eigenvalue weighted by atomic mass is 15.3. The predicted molar refractivity (Wildman–Crippen MR) is 283 cm³/mol. The van der Waals surface area contributed by atoms with Gasteiger partial charge in [0.1, 0.15) is 6.17 Å². The summed E-state index contributed by atoms with van der Waals surface area (Å²) in [5, 5.41) is 15.4. The number of benzene rings is 5. The topological polar surface area (TPSA) is 15.3 Å². The average molecular weight is 855 g/mol. The standard InChI is InChI=1S/C64H58N2/c1-41-16-15-17-46(38-41)61-54-24-9-11-26-56(54)63(57-27-12-10-25-55(57)61)48-37-35-44-39-47(36-34-45(44)40-48)62-52-22-7-5-20-50(52)60(51-21-6-8-23-53(51)62)42-30-32-43(33-31-42)64-65-58-28-13-14-29-59(58)66(64)49-18-3-2-4-19-49/h2-5,7,9,11,13-14,16,18,20-30,32,34,36,38,40,44,49,64-65H,6,8,10,12,15,17,19,31,33,35,37,39H2,1H3. The van der Waals surface area contributed by atoms with Crippen molar-refractivity contribution in [1.29, 1.82) is 0 Å². The van der Waals surface area contributed by atoms with E-state index in [4.69, 9.17) is 0 Å². The highest BCUT2D eigenvalue weighted by molar-refractivity contribution is 6.04. The van der Waals surface area contributed by atoms with Gasteiger partial charge in [-0.2, -0.15) is 0 Å². The molecule has 7 aliphatic carbocycles. The number of allylic oxidation sites excluding steroid dienone is 15. The Bertz CT molecular complexity index is 3480. The summed E-state index contributed by atoms with van der Waals surface area (Å²) in [6.07, 6.45) is 50.0. The quantitative estimate of drug-likeness (QED) is 0.183. The second kappa shape index (κ2) is 16.4. The zero-order valence-electron chi connectivity index (χ0n) is 38.3. The number of nitrogens with one attached hydrogen (secondary N) is 1. The molecule has 5 aromatic rings. The van der Waals surface area contributed by atoms with Crippen LogP contribution in [-0.4, -0.2) is 12.2 Å². The van der Waals surface area contributed by atoms with Gasteiger partial charge < -0.3 is 10.2 Å². The molecule has 0 spiro atoms. The summed E-state index contributed by atoms with van der Waals surface area (Å²) in [6.45, 7) is 2.26. The molecule has 3 unspecified atom stereocenters. The second-order valence-corrected chi connectivity index (χ2v) is 19.9. The fraction of sp³-hybridized carbons (Fsp3) is 0.250. The van der Waals surface area contributed by atoms with Crippen LogP contribution >= 0.6 is 0 Å². The maximum Gasteiger partial charge on any atom is 0.122 e. The van der Waals surface area contributed by atoms with Crippen LogP contribution in [0.3, 0.4) is 0 Å². The van der Waals surface area contributed by atoms with Gasteiger partial charge in [0.05, 0.1) is 17.4 Å². The van der Waals surface area contributed by atoms with Crippen LogP contribution in [0, 0.1) is 5.92 Å². The first-order chi connectivity index (χ1) is 32.7. The molecular formula is C64H58N2. The van der Waals surface area contributed by atoms with E-state index in [2.05, 4.69) is 181 Å². The summed E-state index contributed by atoms with van der Waals surface area (Å²) in [5.41, 5.74) is 18.8. The first-order valence-electron chi connectivity index (χ1n) is 25.0. The van der Waals surface area contributed by atoms with Crippen LogP contribution in [-0.2, 0) is 0 Å². The van der Waals surface area contributed by atoms with Crippen LogP contribution in [0.1, 0.15) is 106 Å². The molecule has 0 amide bonds. The minimum atomic E-state index is 0.157. The van der Waals surface area contributed by atoms with Crippen LogP contribution in [0.4, 0.5) is 11.4 Å². The maximum atomic E-state index is 3.93. The van der Waals surface area contributed by atoms with Crippen molar-refractivity contribution in [1.82, 2.24) is 0 Å². The van der Waals surface area contributed by atoms with Crippen molar-refractivity contribution in [2.24, 2.45) is 5.92 Å². The Morgan fingerprint density at radius 3 is 1.76 bits per heavy atom. The summed E-state index contributed by atoms with van der Waals surface area (Å²) in [4.78, 5) is 2.62. The number of fused-ring (bicyclic) bond motifs is 6. The third-order valence-corrected chi connectivity index (χ3v) is 16.0. The molecule has 1 N–H and O–H groups in total. The smallest absolute Gasteiger partial charge is 0.122 e. The highest BCUT2D eigenvalue weighted by Crippen LogP contribution is 2.45. The Morgan fingerprint density at radius 2 is 1.14 bits per heavy atom. The van der Waals surface area contributed by atoms with Crippen molar-refractivity contribution < 1.29 is 0 Å². The fourth-order valence-electron chi connectivity index (χ4n) is 13.0. The number of hydrogen-bond acceptors (Lipinski definition) is 2. The molecule has 5 aromatic carbocycles. The minimum absolute atomic E-state index is 0.157. The van der Waals surface area contributed by atoms with Gasteiger partial charge in [0.15, 0.2) is 0 Å². The Morgan fingerprint density at radius 1 is 0.530 bits per heavy atom. The molecule has 0 bridgehead atoms. The lowest BCUT2D eigenvalue weighted by atomic mass is 9.73. The summed E-state index contributed by atoms with van der Waals surface area (Å²) in [6, 6.07) is 27.9. The van der Waals surface area contributed by atoms with Gasteiger partial charge in [0, 0.05) is 0 Å². The molecule has 0 fully saturated rings. The van der Waals surface area contributed by atoms with Crippen molar-refractivity contribution in [3.8, 4) is 0 Å². The monoisotopic (exact) mass is 854 g/mol. The molecule has 2 nitrogen and oxygen atoms in total. The van der Waals surface area contributed by atoms with Gasteiger partial charge in [-0.15, -0.1) is 0 Å². The Balaban J connectivity index is 0.884. The molecule has 66 heavy (non-hydrogen) atoms. The maximum absolute atomic E-state index is 3.93. The zero-order chi connectivity index (χ0) is 43.7. The number of anilines is 2. The molecule has 324 valence electrons. The van der Waals surface area contributed by atoms with E-state index in [1.54, 1.807) is 0 Å². The largest absolute Gasteiger partial charge is 0.360 e. The van der Waals surface area contributed by atoms with E-state index in [1.807, 2.05) is 0 Å². The summed E-state index contributed by atoms with van der Waals surface area (Å²) in [5.74, 6) is 0.522. The van der Waals surface area contributed by atoms with Gasteiger partial charge in [0.25, 0.3) is 0 Å². The third kappa shape index (κ3) is 6.58. The molecule has 2 heteroatoms. The SMILES string of the molecule is CC1=CCCC(c2c3c(c(C4=CC5=CC=C(c6c7c(c(C8=CC=C(C9Nc%10ccccc%10N9C9C=CC=CC9)CC8)c8ccccc68)=CCCC=7)CC5CC4)c4ccccc24)=CCCC=3)=C1. The van der Waals surface area contributed by atoms with E-state index >= 15 is 0 Å². The molecular weight excluding hydrogens is 797 g/mol. The van der Waals surface area contributed by atoms with Crippen LogP contribution in [0.2, 0.25) is 0 Å². The summed E-state index contributed by atoms with van der Waals surface area (Å²) >= 11 is 0. The first-order valence-corrected chi connectivity index (χ1v) is 25.0. The lowest BCUT2D eigenvalue weighted by Gasteiger charge is -2.36. The van der Waals surface area contributed by atoms with Crippen LogP contribution in [0.25, 0.3) is 68.1 Å². The first kappa shape index (κ1) is 39.7. The molecule has 8 aliphatic rings. The van der Waals surface area contributed by atoms with Crippen LogP contribution in [0.15, 0.2) is 156 Å². The molecule has 0 aromatic heterocycles. The molecule has 13 rings (SSSR count). The second-order valence-electron chi connectivity index (χ2n) is 19.9. The van der Waals surface area contributed by atoms with Crippen molar-refractivity contribution in [3.05, 3.63) is 199 Å². The molecule has 0 saturated carbocycles. The van der Waals surface area contributed by atoms with E-state index in [1.165, 1.54) is 121 Å². The number of nitrogens with zero attached hydrogens (tertiary/aromatic N) is 1. The van der Waals surface area contributed by atoms with Gasteiger partial charge in [-0.25, -0.2) is 0 Å². The Kier molecular flexibility index (Phi) is 9.84. The summed E-state index contributed by atoms with van der Waals surface area (Å²) in [7, 11) is 0. The van der Waals surface area contributed by atoms with Gasteiger partial charge >= 0.3 is 0 Å². The van der Waals surface area contributed by atoms with E-state index in [0.717, 1.165) is 70.6 Å². The zero-order valence-corrected chi connectivity index (χ0v) is 38.3.